The van der Waals surface area contributed by atoms with Crippen molar-refractivity contribution in [2.24, 2.45) is 0 Å². The second kappa shape index (κ2) is 11.9. The number of nitrogens with one attached hydrogen (secondary N) is 2. The molecule has 2 atom stereocenters. The molecule has 1 heterocycles. The number of carbonyl (C=O) groups excluding carboxylic acids is 1. The number of nitro groups is 1. The first kappa shape index (κ1) is 25.5. The standard InChI is InChI=1S/C27H24N4O5S/c32-25(23(30-27(33)34)16-18-7-3-1-4-8-18)28-22(15-19-11-13-21(14-12-19)31(35)36)24-17-37-26(29-24)20-9-5-2-6-10-20/h1-14,17,22-23,30H,15-16H2,(H,28,32)(H,33,34)/t22?,23-/m0/s1. The number of thiazole rings is 1. The minimum Gasteiger partial charge on any atom is -0.465 e. The topological polar surface area (TPSA) is 134 Å². The number of hydrogen-bond donors (Lipinski definition) is 3. The maximum absolute atomic E-state index is 13.3. The van der Waals surface area contributed by atoms with E-state index in [9.17, 15) is 24.8 Å². The molecule has 0 spiro atoms. The molecule has 3 N–H and O–H groups in total. The molecule has 1 aromatic heterocycles. The molecule has 0 bridgehead atoms. The number of nitro benzene ring substituents is 1. The molecular formula is C27H24N4O5S. The molecule has 0 aliphatic carbocycles. The van der Waals surface area contributed by atoms with Gasteiger partial charge in [-0.25, -0.2) is 9.78 Å². The predicted molar refractivity (Wildman–Crippen MR) is 140 cm³/mol. The van der Waals surface area contributed by atoms with Crippen molar-refractivity contribution in [3.05, 3.63) is 117 Å². The number of carbonyl (C=O) groups is 2. The molecule has 0 aliphatic rings. The maximum Gasteiger partial charge on any atom is 0.405 e. The van der Waals surface area contributed by atoms with Crippen molar-refractivity contribution in [3.8, 4) is 10.6 Å². The molecule has 2 amide bonds. The van der Waals surface area contributed by atoms with Crippen LogP contribution in [-0.4, -0.2) is 33.1 Å². The molecule has 0 radical (unpaired) electrons. The van der Waals surface area contributed by atoms with Crippen molar-refractivity contribution in [1.29, 1.82) is 0 Å². The number of amides is 2. The fourth-order valence-corrected chi connectivity index (χ4v) is 4.74. The number of carboxylic acid groups (broad SMARTS) is 1. The van der Waals surface area contributed by atoms with Gasteiger partial charge in [0, 0.05) is 29.5 Å². The van der Waals surface area contributed by atoms with Crippen molar-refractivity contribution < 1.29 is 19.6 Å². The van der Waals surface area contributed by atoms with Crippen LogP contribution in [0.15, 0.2) is 90.3 Å². The molecule has 9 nitrogen and oxygen atoms in total. The van der Waals surface area contributed by atoms with Crippen molar-refractivity contribution in [2.45, 2.75) is 24.9 Å². The highest BCUT2D eigenvalue weighted by Gasteiger charge is 2.26. The van der Waals surface area contributed by atoms with Crippen LogP contribution in [0.4, 0.5) is 10.5 Å². The van der Waals surface area contributed by atoms with Crippen molar-refractivity contribution >= 4 is 29.0 Å². The Morgan fingerprint density at radius 2 is 1.51 bits per heavy atom. The minimum absolute atomic E-state index is 0.0297. The van der Waals surface area contributed by atoms with Crippen LogP contribution >= 0.6 is 11.3 Å². The van der Waals surface area contributed by atoms with Crippen molar-refractivity contribution in [3.63, 3.8) is 0 Å². The fourth-order valence-electron chi connectivity index (χ4n) is 3.86. The monoisotopic (exact) mass is 516 g/mol. The Bertz CT molecular complexity index is 1360. The van der Waals surface area contributed by atoms with Gasteiger partial charge in [-0.1, -0.05) is 72.8 Å². The summed E-state index contributed by atoms with van der Waals surface area (Å²) in [6.07, 6.45) is -0.814. The van der Waals surface area contributed by atoms with Gasteiger partial charge in [-0.15, -0.1) is 11.3 Å². The van der Waals surface area contributed by atoms with Gasteiger partial charge in [0.1, 0.15) is 11.0 Å². The van der Waals surface area contributed by atoms with E-state index in [1.54, 1.807) is 12.1 Å². The number of benzene rings is 3. The smallest absolute Gasteiger partial charge is 0.405 e. The molecule has 1 unspecified atom stereocenters. The Labute approximate surface area is 217 Å². The predicted octanol–water partition coefficient (Wildman–Crippen LogP) is 5.00. The first-order valence-electron chi connectivity index (χ1n) is 11.5. The molecule has 10 heteroatoms. The summed E-state index contributed by atoms with van der Waals surface area (Å²) >= 11 is 1.44. The van der Waals surface area contributed by atoms with Gasteiger partial charge in [0.05, 0.1) is 16.7 Å². The van der Waals surface area contributed by atoms with Gasteiger partial charge >= 0.3 is 6.09 Å². The number of hydrogen-bond acceptors (Lipinski definition) is 6. The van der Waals surface area contributed by atoms with Crippen LogP contribution in [0, 0.1) is 10.1 Å². The van der Waals surface area contributed by atoms with E-state index in [1.807, 2.05) is 66.0 Å². The summed E-state index contributed by atoms with van der Waals surface area (Å²) in [6, 6.07) is 23.3. The van der Waals surface area contributed by atoms with Gasteiger partial charge in [0.15, 0.2) is 0 Å². The Morgan fingerprint density at radius 3 is 2.14 bits per heavy atom. The Kier molecular flexibility index (Phi) is 8.22. The van der Waals surface area contributed by atoms with Crippen LogP contribution in [0.1, 0.15) is 22.9 Å². The zero-order valence-electron chi connectivity index (χ0n) is 19.6. The average molecular weight is 517 g/mol. The summed E-state index contributed by atoms with van der Waals surface area (Å²) in [7, 11) is 0. The van der Waals surface area contributed by atoms with E-state index in [-0.39, 0.29) is 12.1 Å². The fraction of sp³-hybridized carbons (Fsp3) is 0.148. The Morgan fingerprint density at radius 1 is 0.892 bits per heavy atom. The van der Waals surface area contributed by atoms with Crippen LogP contribution in [0.5, 0.6) is 0 Å². The summed E-state index contributed by atoms with van der Waals surface area (Å²) in [4.78, 5) is 40.1. The zero-order valence-corrected chi connectivity index (χ0v) is 20.4. The van der Waals surface area contributed by atoms with Gasteiger partial charge in [0.25, 0.3) is 5.69 Å². The van der Waals surface area contributed by atoms with Crippen molar-refractivity contribution in [2.75, 3.05) is 0 Å². The summed E-state index contributed by atoms with van der Waals surface area (Å²) in [5.74, 6) is -0.493. The molecule has 0 fully saturated rings. The molecular weight excluding hydrogens is 492 g/mol. The summed E-state index contributed by atoms with van der Waals surface area (Å²) < 4.78 is 0. The molecule has 0 saturated heterocycles. The van der Waals surface area contributed by atoms with Crippen LogP contribution < -0.4 is 10.6 Å². The molecule has 0 aliphatic heterocycles. The van der Waals surface area contributed by atoms with Gasteiger partial charge in [0.2, 0.25) is 5.91 Å². The van der Waals surface area contributed by atoms with E-state index >= 15 is 0 Å². The third-order valence-corrected chi connectivity index (χ3v) is 6.61. The molecule has 4 aromatic rings. The van der Waals surface area contributed by atoms with Gasteiger partial charge in [-0.3, -0.25) is 14.9 Å². The summed E-state index contributed by atoms with van der Waals surface area (Å²) in [5, 5.41) is 28.3. The number of rotatable bonds is 10. The molecule has 37 heavy (non-hydrogen) atoms. The van der Waals surface area contributed by atoms with Crippen LogP contribution in [-0.2, 0) is 17.6 Å². The molecule has 188 valence electrons. The lowest BCUT2D eigenvalue weighted by atomic mass is 10.0. The number of non-ortho nitro benzene ring substituents is 1. The highest BCUT2D eigenvalue weighted by Crippen LogP contribution is 2.28. The van der Waals surface area contributed by atoms with E-state index in [4.69, 9.17) is 4.98 Å². The lowest BCUT2D eigenvalue weighted by Gasteiger charge is -2.22. The van der Waals surface area contributed by atoms with E-state index in [0.29, 0.717) is 12.1 Å². The Hall–Kier alpha value is -4.57. The Balaban J connectivity index is 1.60. The quantitative estimate of drug-likeness (QED) is 0.201. The second-order valence-electron chi connectivity index (χ2n) is 8.32. The summed E-state index contributed by atoms with van der Waals surface area (Å²) in [5.41, 5.74) is 3.09. The largest absolute Gasteiger partial charge is 0.465 e. The van der Waals surface area contributed by atoms with E-state index in [0.717, 1.165) is 21.7 Å². The molecule has 3 aromatic carbocycles. The first-order chi connectivity index (χ1) is 17.9. The molecule has 4 rings (SSSR count). The summed E-state index contributed by atoms with van der Waals surface area (Å²) in [6.45, 7) is 0. The van der Waals surface area contributed by atoms with Gasteiger partial charge < -0.3 is 15.7 Å². The SMILES string of the molecule is O=C(O)N[C@@H](Cc1ccccc1)C(=O)NC(Cc1ccc([N+](=O)[O-])cc1)c1csc(-c2ccccc2)n1. The average Bonchev–Trinajstić information content (AvgIpc) is 3.39. The first-order valence-corrected chi connectivity index (χ1v) is 12.3. The minimum atomic E-state index is -1.30. The van der Waals surface area contributed by atoms with Crippen molar-refractivity contribution in [1.82, 2.24) is 15.6 Å². The second-order valence-corrected chi connectivity index (χ2v) is 9.18. The van der Waals surface area contributed by atoms with Crippen LogP contribution in [0.25, 0.3) is 10.6 Å². The zero-order chi connectivity index (χ0) is 26.2. The van der Waals surface area contributed by atoms with E-state index in [1.165, 1.54) is 23.5 Å². The third-order valence-electron chi connectivity index (χ3n) is 5.70. The number of aromatic nitrogens is 1. The maximum atomic E-state index is 13.3. The van der Waals surface area contributed by atoms with Crippen LogP contribution in [0.2, 0.25) is 0 Å². The highest BCUT2D eigenvalue weighted by atomic mass is 32.1. The highest BCUT2D eigenvalue weighted by molar-refractivity contribution is 7.13. The van der Waals surface area contributed by atoms with Gasteiger partial charge in [-0.05, 0) is 17.5 Å². The van der Waals surface area contributed by atoms with E-state index < -0.39 is 29.0 Å². The van der Waals surface area contributed by atoms with Gasteiger partial charge in [-0.2, -0.15) is 0 Å². The number of nitrogens with zero attached hydrogens (tertiary/aromatic N) is 2. The lowest BCUT2D eigenvalue weighted by Crippen LogP contribution is -2.48. The third kappa shape index (κ3) is 6.98. The molecule has 0 saturated carbocycles. The van der Waals surface area contributed by atoms with E-state index in [2.05, 4.69) is 10.6 Å². The lowest BCUT2D eigenvalue weighted by molar-refractivity contribution is -0.384. The van der Waals surface area contributed by atoms with Crippen LogP contribution in [0.3, 0.4) is 0 Å². The normalized spacial score (nSPS) is 12.3.